The summed E-state index contributed by atoms with van der Waals surface area (Å²) < 4.78 is 5.92. The Bertz CT molecular complexity index is 664. The van der Waals surface area contributed by atoms with Gasteiger partial charge in [-0.15, -0.1) is 0 Å². The normalized spacial score (nSPS) is 11.8. The van der Waals surface area contributed by atoms with Crippen LogP contribution in [-0.4, -0.2) is 13.0 Å². The van der Waals surface area contributed by atoms with Gasteiger partial charge < -0.3 is 15.8 Å². The molecule has 21 heavy (non-hydrogen) atoms. The van der Waals surface area contributed by atoms with Crippen LogP contribution in [0.3, 0.4) is 0 Å². The molecule has 0 bridgehead atoms. The van der Waals surface area contributed by atoms with Gasteiger partial charge in [-0.3, -0.25) is 4.79 Å². The van der Waals surface area contributed by atoms with Gasteiger partial charge in [0.05, 0.1) is 11.6 Å². The third-order valence-electron chi connectivity index (χ3n) is 2.93. The van der Waals surface area contributed by atoms with Gasteiger partial charge in [0.1, 0.15) is 11.8 Å². The molecule has 0 aliphatic rings. The molecule has 6 heteroatoms. The molecular formula is C15H14BrClN2O2. The van der Waals surface area contributed by atoms with E-state index in [1.54, 1.807) is 43.5 Å². The summed E-state index contributed by atoms with van der Waals surface area (Å²) in [6.07, 6.45) is 0. The SMILES string of the molecule is COc1ccc(C(Nc2cccc(Cl)c2)C(N)=O)cc1Br. The van der Waals surface area contributed by atoms with E-state index in [0.29, 0.717) is 10.8 Å². The molecule has 110 valence electrons. The van der Waals surface area contributed by atoms with Crippen molar-refractivity contribution < 1.29 is 9.53 Å². The Morgan fingerprint density at radius 3 is 2.67 bits per heavy atom. The van der Waals surface area contributed by atoms with Crippen molar-refractivity contribution in [3.8, 4) is 5.75 Å². The van der Waals surface area contributed by atoms with Crippen LogP contribution in [0.1, 0.15) is 11.6 Å². The van der Waals surface area contributed by atoms with Crippen molar-refractivity contribution in [2.45, 2.75) is 6.04 Å². The van der Waals surface area contributed by atoms with E-state index >= 15 is 0 Å². The van der Waals surface area contributed by atoms with Crippen LogP contribution in [0, 0.1) is 0 Å². The number of primary amides is 1. The number of nitrogens with two attached hydrogens (primary N) is 1. The summed E-state index contributed by atoms with van der Waals surface area (Å²) in [7, 11) is 1.58. The van der Waals surface area contributed by atoms with Crippen LogP contribution in [0.2, 0.25) is 5.02 Å². The molecule has 0 saturated heterocycles. The quantitative estimate of drug-likeness (QED) is 0.843. The molecule has 1 amide bonds. The van der Waals surface area contributed by atoms with Gasteiger partial charge >= 0.3 is 0 Å². The molecule has 2 aromatic carbocycles. The third kappa shape index (κ3) is 3.89. The summed E-state index contributed by atoms with van der Waals surface area (Å²) in [6.45, 7) is 0. The molecule has 2 rings (SSSR count). The van der Waals surface area contributed by atoms with Gasteiger partial charge in [0.15, 0.2) is 0 Å². The fourth-order valence-corrected chi connectivity index (χ4v) is 2.67. The number of carbonyl (C=O) groups is 1. The number of benzene rings is 2. The monoisotopic (exact) mass is 368 g/mol. The zero-order valence-corrected chi connectivity index (χ0v) is 13.6. The van der Waals surface area contributed by atoms with E-state index in [1.807, 2.05) is 6.07 Å². The summed E-state index contributed by atoms with van der Waals surface area (Å²) in [5, 5.41) is 3.66. The highest BCUT2D eigenvalue weighted by molar-refractivity contribution is 9.10. The van der Waals surface area contributed by atoms with Gasteiger partial charge in [-0.1, -0.05) is 23.7 Å². The first-order chi connectivity index (χ1) is 10.0. The number of hydrogen-bond acceptors (Lipinski definition) is 3. The number of nitrogens with one attached hydrogen (secondary N) is 1. The van der Waals surface area contributed by atoms with Crippen LogP contribution in [0.15, 0.2) is 46.9 Å². The van der Waals surface area contributed by atoms with Crippen LogP contribution in [0.4, 0.5) is 5.69 Å². The lowest BCUT2D eigenvalue weighted by Crippen LogP contribution is -2.27. The summed E-state index contributed by atoms with van der Waals surface area (Å²) in [5.41, 5.74) is 6.95. The van der Waals surface area contributed by atoms with Crippen molar-refractivity contribution in [1.82, 2.24) is 0 Å². The molecule has 0 fully saturated rings. The minimum Gasteiger partial charge on any atom is -0.496 e. The first-order valence-corrected chi connectivity index (χ1v) is 7.33. The predicted octanol–water partition coefficient (Wildman–Crippen LogP) is 3.75. The number of methoxy groups -OCH3 is 1. The molecule has 2 aromatic rings. The number of rotatable bonds is 5. The number of ether oxygens (including phenoxy) is 1. The highest BCUT2D eigenvalue weighted by Gasteiger charge is 2.19. The number of anilines is 1. The predicted molar refractivity (Wildman–Crippen MR) is 87.7 cm³/mol. The minimum atomic E-state index is -0.661. The topological polar surface area (TPSA) is 64.3 Å². The van der Waals surface area contributed by atoms with E-state index in [4.69, 9.17) is 22.1 Å². The van der Waals surface area contributed by atoms with Crippen LogP contribution in [0.25, 0.3) is 0 Å². The van der Waals surface area contributed by atoms with Crippen LogP contribution < -0.4 is 15.8 Å². The Kier molecular flexibility index (Phi) is 5.09. The summed E-state index contributed by atoms with van der Waals surface area (Å²) in [6, 6.07) is 11.8. The zero-order valence-electron chi connectivity index (χ0n) is 11.3. The van der Waals surface area contributed by atoms with Gasteiger partial charge in [-0.25, -0.2) is 0 Å². The molecular weight excluding hydrogens is 356 g/mol. The molecule has 3 N–H and O–H groups in total. The Morgan fingerprint density at radius 1 is 1.33 bits per heavy atom. The van der Waals surface area contributed by atoms with E-state index < -0.39 is 11.9 Å². The maximum absolute atomic E-state index is 11.7. The third-order valence-corrected chi connectivity index (χ3v) is 3.78. The lowest BCUT2D eigenvalue weighted by Gasteiger charge is -2.18. The fraction of sp³-hybridized carbons (Fsp3) is 0.133. The largest absolute Gasteiger partial charge is 0.496 e. The molecule has 4 nitrogen and oxygen atoms in total. The molecule has 0 aliphatic carbocycles. The van der Waals surface area contributed by atoms with E-state index in [2.05, 4.69) is 21.2 Å². The highest BCUT2D eigenvalue weighted by Crippen LogP contribution is 2.29. The molecule has 0 spiro atoms. The molecule has 0 radical (unpaired) electrons. The second-order valence-corrected chi connectivity index (χ2v) is 5.67. The van der Waals surface area contributed by atoms with Crippen molar-refractivity contribution in [2.24, 2.45) is 5.73 Å². The van der Waals surface area contributed by atoms with Crippen molar-refractivity contribution in [3.05, 3.63) is 57.5 Å². The van der Waals surface area contributed by atoms with Crippen molar-refractivity contribution in [3.63, 3.8) is 0 Å². The van der Waals surface area contributed by atoms with E-state index in [-0.39, 0.29) is 0 Å². The van der Waals surface area contributed by atoms with Gasteiger partial charge in [0, 0.05) is 10.7 Å². The zero-order chi connectivity index (χ0) is 15.4. The Labute approximate surface area is 136 Å². The van der Waals surface area contributed by atoms with Gasteiger partial charge in [0.2, 0.25) is 5.91 Å². The van der Waals surface area contributed by atoms with Gasteiger partial charge in [-0.05, 0) is 51.8 Å². The number of halogens is 2. The van der Waals surface area contributed by atoms with E-state index in [0.717, 1.165) is 15.7 Å². The second kappa shape index (κ2) is 6.83. The molecule has 1 unspecified atom stereocenters. The number of hydrogen-bond donors (Lipinski definition) is 2. The second-order valence-electron chi connectivity index (χ2n) is 4.38. The van der Waals surface area contributed by atoms with Crippen LogP contribution in [-0.2, 0) is 4.79 Å². The van der Waals surface area contributed by atoms with Crippen molar-refractivity contribution in [2.75, 3.05) is 12.4 Å². The maximum atomic E-state index is 11.7. The lowest BCUT2D eigenvalue weighted by molar-refractivity contribution is -0.118. The lowest BCUT2D eigenvalue weighted by atomic mass is 10.1. The Balaban J connectivity index is 2.31. The Morgan fingerprint density at radius 2 is 2.10 bits per heavy atom. The smallest absolute Gasteiger partial charge is 0.244 e. The minimum absolute atomic E-state index is 0.480. The van der Waals surface area contributed by atoms with Gasteiger partial charge in [0.25, 0.3) is 0 Å². The van der Waals surface area contributed by atoms with E-state index in [9.17, 15) is 4.79 Å². The number of carbonyl (C=O) groups excluding carboxylic acids is 1. The van der Waals surface area contributed by atoms with Crippen molar-refractivity contribution in [1.29, 1.82) is 0 Å². The highest BCUT2D eigenvalue weighted by atomic mass is 79.9. The Hall–Kier alpha value is -1.72. The number of amides is 1. The molecule has 0 saturated carbocycles. The van der Waals surface area contributed by atoms with Crippen molar-refractivity contribution >= 4 is 39.1 Å². The summed E-state index contributed by atoms with van der Waals surface area (Å²) >= 11 is 9.33. The van der Waals surface area contributed by atoms with Gasteiger partial charge in [-0.2, -0.15) is 0 Å². The standard InChI is InChI=1S/C15H14BrClN2O2/c1-21-13-6-5-9(7-12(13)16)14(15(18)20)19-11-4-2-3-10(17)8-11/h2-8,14,19H,1H3,(H2,18,20). The van der Waals surface area contributed by atoms with E-state index in [1.165, 1.54) is 0 Å². The molecule has 0 aromatic heterocycles. The van der Waals surface area contributed by atoms with Crippen LogP contribution in [0.5, 0.6) is 5.75 Å². The summed E-state index contributed by atoms with van der Waals surface area (Å²) in [4.78, 5) is 11.7. The average molecular weight is 370 g/mol. The maximum Gasteiger partial charge on any atom is 0.244 e. The summed E-state index contributed by atoms with van der Waals surface area (Å²) in [5.74, 6) is 0.205. The van der Waals surface area contributed by atoms with Crippen LogP contribution >= 0.6 is 27.5 Å². The molecule has 0 aliphatic heterocycles. The first-order valence-electron chi connectivity index (χ1n) is 6.16. The molecule has 0 heterocycles. The molecule has 1 atom stereocenters. The average Bonchev–Trinajstić information content (AvgIpc) is 2.44. The fourth-order valence-electron chi connectivity index (χ4n) is 1.93. The first kappa shape index (κ1) is 15.7.